The number of rotatable bonds is 15. The van der Waals surface area contributed by atoms with Gasteiger partial charge in [-0.05, 0) is 74.8 Å². The van der Waals surface area contributed by atoms with Crippen LogP contribution in [0, 0.1) is 23.2 Å². The van der Waals surface area contributed by atoms with Gasteiger partial charge in [0.15, 0.2) is 5.13 Å². The largest absolute Gasteiger partial charge is 0.491 e. The highest BCUT2D eigenvalue weighted by Crippen LogP contribution is 2.52. The molecule has 1 aromatic carbocycles. The van der Waals surface area contributed by atoms with Crippen LogP contribution < -0.4 is 25.4 Å². The number of carbonyl (C=O) groups excluding carboxylic acids is 3. The number of hydrogen-bond donors (Lipinski definition) is 5. The molecule has 0 bridgehead atoms. The minimum atomic E-state index is -1.41. The standard InChI is InChI=1S/C41H54N6O9S/c1-7-24-18-41(24,37(51)52)46-35(49)32-16-27(19-47(32)36(50)34(40(4,5)6)45-39(53)56-26-13-22-12-23(22)14-26)55-33-17-30(31-20-57-38(44-31)42-21(2)3)43-29-15-25(54-11-10-48)8-9-28(29)33/h8-9,15,17,20-24,26-27,32,34,48H,7,10-14,16,18-19H2,1-6H3,(H,42,44)(H,45,53)(H,46,49)(H,51,52)/t22-,23+,24?,26+,27-,32+,34?,41-/m1/s1. The Hall–Kier alpha value is -4.70. The number of thiazole rings is 1. The lowest BCUT2D eigenvalue weighted by Gasteiger charge is -2.35. The van der Waals surface area contributed by atoms with Crippen LogP contribution in [0.4, 0.5) is 9.93 Å². The van der Waals surface area contributed by atoms with E-state index in [0.717, 1.165) is 18.0 Å². The Bertz CT molecular complexity index is 2010. The van der Waals surface area contributed by atoms with Crippen molar-refractivity contribution in [3.8, 4) is 22.9 Å². The Balaban J connectivity index is 1.19. The third-order valence-corrected chi connectivity index (χ3v) is 12.4. The molecule has 5 N–H and O–H groups in total. The number of aliphatic hydroxyl groups excluding tert-OH is 1. The Morgan fingerprint density at radius 2 is 1.79 bits per heavy atom. The lowest BCUT2D eigenvalue weighted by molar-refractivity contribution is -0.146. The van der Waals surface area contributed by atoms with E-state index in [-0.39, 0.29) is 44.2 Å². The highest BCUT2D eigenvalue weighted by Gasteiger charge is 2.61. The third kappa shape index (κ3) is 8.76. The number of carbonyl (C=O) groups is 4. The van der Waals surface area contributed by atoms with Gasteiger partial charge in [0.25, 0.3) is 0 Å². The highest BCUT2D eigenvalue weighted by atomic mass is 32.1. The second-order valence-electron chi connectivity index (χ2n) is 17.3. The number of nitrogens with one attached hydrogen (secondary N) is 3. The van der Waals surface area contributed by atoms with E-state index in [1.807, 2.05) is 46.9 Å². The summed E-state index contributed by atoms with van der Waals surface area (Å²) in [4.78, 5) is 65.6. The number of anilines is 1. The molecule has 2 unspecified atom stereocenters. The van der Waals surface area contributed by atoms with Crippen molar-refractivity contribution in [2.45, 2.75) is 116 Å². The molecule has 1 aliphatic heterocycles. The van der Waals surface area contributed by atoms with Gasteiger partial charge in [0.05, 0.1) is 24.4 Å². The zero-order chi connectivity index (χ0) is 40.8. The van der Waals surface area contributed by atoms with Crippen molar-refractivity contribution in [3.05, 3.63) is 29.6 Å². The number of likely N-dealkylation sites (tertiary alicyclic amines) is 1. The first-order chi connectivity index (χ1) is 27.1. The number of ether oxygens (including phenoxy) is 3. The number of carboxylic acid groups (broad SMARTS) is 1. The van der Waals surface area contributed by atoms with Crippen LogP contribution in [0.1, 0.15) is 80.1 Å². The molecule has 4 fully saturated rings. The number of aliphatic carboxylic acids is 1. The van der Waals surface area contributed by atoms with Crippen molar-refractivity contribution in [3.63, 3.8) is 0 Å². The molecule has 0 spiro atoms. The maximum Gasteiger partial charge on any atom is 0.408 e. The van der Waals surface area contributed by atoms with Gasteiger partial charge < -0.3 is 45.3 Å². The summed E-state index contributed by atoms with van der Waals surface area (Å²) in [6.07, 6.45) is 2.18. The van der Waals surface area contributed by atoms with Crippen molar-refractivity contribution < 1.29 is 43.6 Å². The first-order valence-corrected chi connectivity index (χ1v) is 20.9. The van der Waals surface area contributed by atoms with Crippen LogP contribution in [0.25, 0.3) is 22.3 Å². The van der Waals surface area contributed by atoms with Crippen LogP contribution in [0.3, 0.4) is 0 Å². The third-order valence-electron chi connectivity index (χ3n) is 11.6. The summed E-state index contributed by atoms with van der Waals surface area (Å²) >= 11 is 1.45. The second-order valence-corrected chi connectivity index (χ2v) is 18.2. The number of pyridine rings is 1. The monoisotopic (exact) mass is 806 g/mol. The topological polar surface area (TPSA) is 202 Å². The summed E-state index contributed by atoms with van der Waals surface area (Å²) < 4.78 is 18.2. The van der Waals surface area contributed by atoms with Crippen LogP contribution in [0.5, 0.6) is 11.5 Å². The summed E-state index contributed by atoms with van der Waals surface area (Å²) in [6, 6.07) is 5.11. The van der Waals surface area contributed by atoms with Crippen LogP contribution in [0.2, 0.25) is 0 Å². The van der Waals surface area contributed by atoms with Gasteiger partial charge in [-0.2, -0.15) is 0 Å². The fourth-order valence-electron chi connectivity index (χ4n) is 8.38. The molecule has 4 aliphatic rings. The van der Waals surface area contributed by atoms with E-state index in [0.29, 0.717) is 58.5 Å². The molecule has 3 saturated carbocycles. The molecule has 15 nitrogen and oxygen atoms in total. The normalized spacial score (nSPS) is 26.8. The quantitative estimate of drug-likeness (QED) is 0.135. The number of aromatic nitrogens is 2. The van der Waals surface area contributed by atoms with Gasteiger partial charge in [-0.15, -0.1) is 11.3 Å². The smallest absolute Gasteiger partial charge is 0.408 e. The average Bonchev–Trinajstić information content (AvgIpc) is 3.82. The molecule has 3 aliphatic carbocycles. The predicted molar refractivity (Wildman–Crippen MR) is 213 cm³/mol. The number of benzene rings is 1. The van der Waals surface area contributed by atoms with E-state index in [1.165, 1.54) is 22.7 Å². The molecule has 3 heterocycles. The second kappa shape index (κ2) is 15.9. The van der Waals surface area contributed by atoms with E-state index in [1.54, 1.807) is 24.3 Å². The lowest BCUT2D eigenvalue weighted by Crippen LogP contribution is -2.59. The Morgan fingerprint density at radius 1 is 1.04 bits per heavy atom. The molecule has 0 radical (unpaired) electrons. The van der Waals surface area contributed by atoms with E-state index in [9.17, 15) is 29.4 Å². The predicted octanol–water partition coefficient (Wildman–Crippen LogP) is 5.21. The van der Waals surface area contributed by atoms with Crippen molar-refractivity contribution in [1.82, 2.24) is 25.5 Å². The number of hydrogen-bond acceptors (Lipinski definition) is 12. The van der Waals surface area contributed by atoms with Gasteiger partial charge >= 0.3 is 12.1 Å². The molecule has 8 atom stereocenters. The molecule has 16 heteroatoms. The first-order valence-electron chi connectivity index (χ1n) is 20.0. The van der Waals surface area contributed by atoms with Crippen molar-refractivity contribution in [2.24, 2.45) is 23.2 Å². The number of aliphatic hydroxyl groups is 1. The zero-order valence-electron chi connectivity index (χ0n) is 33.4. The van der Waals surface area contributed by atoms with E-state index in [4.69, 9.17) is 24.2 Å². The molecule has 57 heavy (non-hydrogen) atoms. The van der Waals surface area contributed by atoms with E-state index >= 15 is 0 Å². The SMILES string of the molecule is CCC1C[C@]1(NC(=O)[C@@H]1C[C@@H](Oc2cc(-c3csc(NC(C)C)n3)nc3cc(OCCO)ccc23)CN1C(=O)C(NC(=O)O[C@@H]1C[C@@H]2C[C@@H]2C1)C(C)(C)C)C(=O)O. The summed E-state index contributed by atoms with van der Waals surface area (Å²) in [5, 5.41) is 31.7. The number of nitrogens with zero attached hydrogens (tertiary/aromatic N) is 3. The maximum absolute atomic E-state index is 14.7. The number of carboxylic acids is 1. The first kappa shape index (κ1) is 40.5. The van der Waals surface area contributed by atoms with Gasteiger partial charge in [-0.25, -0.2) is 19.6 Å². The number of amides is 3. The Labute approximate surface area is 336 Å². The fourth-order valence-corrected chi connectivity index (χ4v) is 9.24. The molecule has 308 valence electrons. The van der Waals surface area contributed by atoms with Crippen LogP contribution in [0.15, 0.2) is 29.6 Å². The van der Waals surface area contributed by atoms with Crippen LogP contribution in [-0.4, -0.2) is 105 Å². The van der Waals surface area contributed by atoms with Gasteiger partial charge in [-0.1, -0.05) is 34.1 Å². The molecule has 3 aromatic rings. The van der Waals surface area contributed by atoms with Crippen molar-refractivity contribution in [2.75, 3.05) is 25.1 Å². The summed E-state index contributed by atoms with van der Waals surface area (Å²) in [5.74, 6) is -0.277. The minimum absolute atomic E-state index is 0.0144. The van der Waals surface area contributed by atoms with E-state index in [2.05, 4.69) is 16.0 Å². The minimum Gasteiger partial charge on any atom is -0.491 e. The summed E-state index contributed by atoms with van der Waals surface area (Å²) in [5.41, 5.74) is -0.490. The van der Waals surface area contributed by atoms with Crippen molar-refractivity contribution >= 4 is 51.2 Å². The average molecular weight is 807 g/mol. The molecular weight excluding hydrogens is 753 g/mol. The summed E-state index contributed by atoms with van der Waals surface area (Å²) in [6.45, 7) is 11.4. The van der Waals surface area contributed by atoms with Crippen LogP contribution in [-0.2, 0) is 19.1 Å². The highest BCUT2D eigenvalue weighted by molar-refractivity contribution is 7.14. The van der Waals surface area contributed by atoms with Crippen LogP contribution >= 0.6 is 11.3 Å². The van der Waals surface area contributed by atoms with E-state index < -0.39 is 53.0 Å². The van der Waals surface area contributed by atoms with Gasteiger partial charge in [0, 0.05) is 35.4 Å². The fraction of sp³-hybridized carbons (Fsp3) is 0.610. The number of alkyl carbamates (subject to hydrolysis) is 1. The molecule has 2 aromatic heterocycles. The lowest BCUT2D eigenvalue weighted by atomic mass is 9.85. The van der Waals surface area contributed by atoms with Gasteiger partial charge in [-0.3, -0.25) is 9.59 Å². The summed E-state index contributed by atoms with van der Waals surface area (Å²) in [7, 11) is 0. The zero-order valence-corrected chi connectivity index (χ0v) is 34.2. The maximum atomic E-state index is 14.7. The van der Waals surface area contributed by atoms with Gasteiger partial charge in [0.2, 0.25) is 11.8 Å². The molecular formula is C41H54N6O9S. The molecule has 7 rings (SSSR count). The van der Waals surface area contributed by atoms with Crippen molar-refractivity contribution in [1.29, 1.82) is 0 Å². The Kier molecular flexibility index (Phi) is 11.3. The molecule has 1 saturated heterocycles. The Morgan fingerprint density at radius 3 is 2.44 bits per heavy atom. The van der Waals surface area contributed by atoms with Gasteiger partial charge in [0.1, 0.15) is 53.6 Å². The number of fused-ring (bicyclic) bond motifs is 2. The molecule has 3 amide bonds.